The number of benzene rings is 2. The van der Waals surface area contributed by atoms with Crippen molar-refractivity contribution in [2.75, 3.05) is 0 Å². The molecule has 0 amide bonds. The molecule has 0 aromatic heterocycles. The molecular formula is C24H24Cl2O2. The Morgan fingerprint density at radius 3 is 2.64 bits per heavy atom. The second kappa shape index (κ2) is 7.57. The minimum Gasteiger partial charge on any atom is -0.461 e. The predicted octanol–water partition coefficient (Wildman–Crippen LogP) is 6.48. The maximum atomic E-state index is 12.7. The van der Waals surface area contributed by atoms with Gasteiger partial charge in [0, 0.05) is 0 Å². The Balaban J connectivity index is 1.53. The van der Waals surface area contributed by atoms with Crippen molar-refractivity contribution in [3.8, 4) is 11.1 Å². The van der Waals surface area contributed by atoms with E-state index in [2.05, 4.69) is 42.5 Å². The molecule has 0 aliphatic heterocycles. The van der Waals surface area contributed by atoms with Gasteiger partial charge in [-0.25, -0.2) is 0 Å². The van der Waals surface area contributed by atoms with Crippen LogP contribution < -0.4 is 0 Å². The van der Waals surface area contributed by atoms with Crippen LogP contribution >= 0.6 is 23.2 Å². The second-order valence-corrected chi connectivity index (χ2v) is 9.35. The van der Waals surface area contributed by atoms with Crippen molar-refractivity contribution in [1.82, 2.24) is 0 Å². The molecule has 2 nitrogen and oxygen atoms in total. The molecule has 0 N–H and O–H groups in total. The molecule has 1 saturated carbocycles. The van der Waals surface area contributed by atoms with E-state index in [9.17, 15) is 4.79 Å². The molecule has 146 valence electrons. The number of halogens is 2. The summed E-state index contributed by atoms with van der Waals surface area (Å²) in [7, 11) is 0. The number of aryl methyl sites for hydroxylation is 1. The molecule has 2 aliphatic rings. The summed E-state index contributed by atoms with van der Waals surface area (Å²) in [5.74, 6) is -0.333. The van der Waals surface area contributed by atoms with E-state index >= 15 is 0 Å². The van der Waals surface area contributed by atoms with E-state index < -0.39 is 0 Å². The Kier molecular flexibility index (Phi) is 5.28. The summed E-state index contributed by atoms with van der Waals surface area (Å²) in [6, 6.07) is 14.9. The van der Waals surface area contributed by atoms with Gasteiger partial charge in [0.15, 0.2) is 0 Å². The van der Waals surface area contributed by atoms with Gasteiger partial charge < -0.3 is 4.74 Å². The molecule has 2 atom stereocenters. The van der Waals surface area contributed by atoms with Gasteiger partial charge in [-0.2, -0.15) is 0 Å². The highest BCUT2D eigenvalue weighted by Gasteiger charge is 2.61. The summed E-state index contributed by atoms with van der Waals surface area (Å²) in [4.78, 5) is 12.7. The lowest BCUT2D eigenvalue weighted by atomic mass is 9.93. The largest absolute Gasteiger partial charge is 0.461 e. The lowest BCUT2D eigenvalue weighted by Gasteiger charge is -2.14. The first-order valence-corrected chi connectivity index (χ1v) is 10.5. The number of carbonyl (C=O) groups excluding carboxylic acids is 1. The van der Waals surface area contributed by atoms with Gasteiger partial charge in [-0.15, -0.1) is 0 Å². The molecule has 2 aromatic carbocycles. The first-order chi connectivity index (χ1) is 13.4. The van der Waals surface area contributed by atoms with E-state index in [0.29, 0.717) is 6.61 Å². The molecule has 4 rings (SSSR count). The fraction of sp³-hybridized carbons (Fsp3) is 0.375. The third kappa shape index (κ3) is 3.60. The van der Waals surface area contributed by atoms with E-state index in [0.717, 1.165) is 24.8 Å². The van der Waals surface area contributed by atoms with E-state index in [4.69, 9.17) is 27.9 Å². The van der Waals surface area contributed by atoms with Crippen LogP contribution in [-0.2, 0) is 29.0 Å². The van der Waals surface area contributed by atoms with Crippen molar-refractivity contribution in [1.29, 1.82) is 0 Å². The Morgan fingerprint density at radius 1 is 1.11 bits per heavy atom. The van der Waals surface area contributed by atoms with Crippen molar-refractivity contribution >= 4 is 29.2 Å². The van der Waals surface area contributed by atoms with Gasteiger partial charge in [-0.1, -0.05) is 79.5 Å². The zero-order valence-corrected chi connectivity index (χ0v) is 17.7. The lowest BCUT2D eigenvalue weighted by molar-refractivity contribution is -0.147. The van der Waals surface area contributed by atoms with Crippen LogP contribution in [0.3, 0.4) is 0 Å². The highest BCUT2D eigenvalue weighted by molar-refractivity contribution is 6.55. The summed E-state index contributed by atoms with van der Waals surface area (Å²) in [5, 5.41) is 0. The molecule has 0 heterocycles. The van der Waals surface area contributed by atoms with Crippen LogP contribution in [0.2, 0.25) is 0 Å². The smallest absolute Gasteiger partial charge is 0.310 e. The Bertz CT molecular complexity index is 941. The van der Waals surface area contributed by atoms with Crippen molar-refractivity contribution in [2.45, 2.75) is 39.7 Å². The average Bonchev–Trinajstić information content (AvgIpc) is 3.26. The molecule has 0 unspecified atom stereocenters. The van der Waals surface area contributed by atoms with Gasteiger partial charge in [0.05, 0.1) is 5.92 Å². The van der Waals surface area contributed by atoms with Gasteiger partial charge in [0.1, 0.15) is 11.1 Å². The number of rotatable bonds is 4. The van der Waals surface area contributed by atoms with E-state index in [1.807, 2.05) is 13.8 Å². The van der Waals surface area contributed by atoms with Crippen LogP contribution in [0, 0.1) is 17.3 Å². The highest BCUT2D eigenvalue weighted by Crippen LogP contribution is 2.60. The molecule has 28 heavy (non-hydrogen) atoms. The van der Waals surface area contributed by atoms with Crippen LogP contribution in [-0.4, -0.2) is 5.97 Å². The summed E-state index contributed by atoms with van der Waals surface area (Å²) in [6.45, 7) is 4.40. The van der Waals surface area contributed by atoms with Gasteiger partial charge in [0.2, 0.25) is 0 Å². The molecule has 2 aromatic rings. The maximum absolute atomic E-state index is 12.7. The van der Waals surface area contributed by atoms with E-state index in [1.54, 1.807) is 6.08 Å². The maximum Gasteiger partial charge on any atom is 0.310 e. The van der Waals surface area contributed by atoms with Crippen LogP contribution in [0.15, 0.2) is 53.0 Å². The molecule has 2 aliphatic carbocycles. The van der Waals surface area contributed by atoms with Crippen LogP contribution in [0.5, 0.6) is 0 Å². The number of hydrogen-bond acceptors (Lipinski definition) is 2. The standard InChI is InChI=1S/C24H24Cl2O2/c1-24(2)20(13-21(25)26)22(24)23(27)28-14-16-9-6-12-19-17-10-4-3-7-15(17)8-5-11-18(16)19/h3-4,6-7,9-10,12-13,20,22H,5,8,11,14H2,1-2H3/t20-,22-/m0/s1. The lowest BCUT2D eigenvalue weighted by Crippen LogP contribution is -2.11. The first kappa shape index (κ1) is 19.5. The zero-order valence-electron chi connectivity index (χ0n) is 16.2. The van der Waals surface area contributed by atoms with Crippen molar-refractivity contribution in [3.63, 3.8) is 0 Å². The van der Waals surface area contributed by atoms with Crippen molar-refractivity contribution < 1.29 is 9.53 Å². The number of allylic oxidation sites excluding steroid dienone is 1. The fourth-order valence-electron chi connectivity index (χ4n) is 4.59. The second-order valence-electron chi connectivity index (χ2n) is 8.34. The summed E-state index contributed by atoms with van der Waals surface area (Å²) in [6.07, 6.45) is 4.93. The zero-order chi connectivity index (χ0) is 19.9. The van der Waals surface area contributed by atoms with Gasteiger partial charge in [-0.05, 0) is 64.5 Å². The van der Waals surface area contributed by atoms with E-state index in [-0.39, 0.29) is 27.7 Å². The average molecular weight is 415 g/mol. The number of hydrogen-bond donors (Lipinski definition) is 0. The number of ether oxygens (including phenoxy) is 1. The van der Waals surface area contributed by atoms with Gasteiger partial charge in [-0.3, -0.25) is 4.79 Å². The Morgan fingerprint density at radius 2 is 1.86 bits per heavy atom. The van der Waals surface area contributed by atoms with Crippen LogP contribution in [0.1, 0.15) is 37.0 Å². The Labute approximate surface area is 176 Å². The number of fused-ring (bicyclic) bond motifs is 3. The third-order valence-electron chi connectivity index (χ3n) is 6.29. The molecule has 0 radical (unpaired) electrons. The van der Waals surface area contributed by atoms with Crippen molar-refractivity contribution in [2.24, 2.45) is 17.3 Å². The SMILES string of the molecule is CC1(C)[C@H](C(=O)OCc2cccc3c2CCCc2ccccc2-3)[C@@H]1C=C(Cl)Cl. The third-order valence-corrected chi connectivity index (χ3v) is 6.55. The quantitative estimate of drug-likeness (QED) is 0.535. The summed E-state index contributed by atoms with van der Waals surface area (Å²) < 4.78 is 5.95. The summed E-state index contributed by atoms with van der Waals surface area (Å²) >= 11 is 11.6. The highest BCUT2D eigenvalue weighted by atomic mass is 35.5. The topological polar surface area (TPSA) is 26.3 Å². The number of esters is 1. The molecule has 0 spiro atoms. The normalized spacial score (nSPS) is 21.7. The van der Waals surface area contributed by atoms with E-state index in [1.165, 1.54) is 22.3 Å². The Hall–Kier alpha value is -1.77. The van der Waals surface area contributed by atoms with Gasteiger partial charge in [0.25, 0.3) is 0 Å². The summed E-state index contributed by atoms with van der Waals surface area (Å²) in [5.41, 5.74) is 6.19. The first-order valence-electron chi connectivity index (χ1n) is 9.78. The predicted molar refractivity (Wildman–Crippen MR) is 114 cm³/mol. The minimum absolute atomic E-state index is 0.0322. The molecule has 0 bridgehead atoms. The monoisotopic (exact) mass is 414 g/mol. The minimum atomic E-state index is -0.192. The molecule has 0 saturated heterocycles. The van der Waals surface area contributed by atoms with Crippen molar-refractivity contribution in [3.05, 3.63) is 69.7 Å². The van der Waals surface area contributed by atoms with Gasteiger partial charge >= 0.3 is 5.97 Å². The molecule has 4 heteroatoms. The number of carbonyl (C=O) groups is 1. The fourth-order valence-corrected chi connectivity index (χ4v) is 4.86. The molecular weight excluding hydrogens is 391 g/mol. The van der Waals surface area contributed by atoms with Crippen LogP contribution in [0.4, 0.5) is 0 Å². The van der Waals surface area contributed by atoms with Crippen LogP contribution in [0.25, 0.3) is 11.1 Å². The molecule has 1 fully saturated rings.